The van der Waals surface area contributed by atoms with E-state index in [1.54, 1.807) is 6.07 Å². The summed E-state index contributed by atoms with van der Waals surface area (Å²) in [6.45, 7) is 1.16. The zero-order valence-corrected chi connectivity index (χ0v) is 32.9. The van der Waals surface area contributed by atoms with Gasteiger partial charge in [0.15, 0.2) is 0 Å². The van der Waals surface area contributed by atoms with E-state index in [0.717, 1.165) is 26.8 Å². The van der Waals surface area contributed by atoms with E-state index >= 15 is 0 Å². The number of aromatic nitrogens is 3. The van der Waals surface area contributed by atoms with Gasteiger partial charge < -0.3 is 9.40 Å². The Morgan fingerprint density at radius 3 is 2.35 bits per heavy atom. The standard InChI is InChI=1S/C24H17N2O.C19H26GeN.Ir/c1-15-12-13-25-21(14-15)18-9-8-16(2)22-19-10-11-20(17-6-4-3-5-7-17)26-24(19)27-23(18)22;1-19(2,3)13-16-12-18(15-10-8-7-9-11-15)21-14-17(16)20(4,5)6;/h3-8,10-14H,1-2H3;7-10,12,14H,13H2,1-6H3;/q2*-1;/i1D3,2D3;13D2;. The predicted molar refractivity (Wildman–Crippen MR) is 203 cm³/mol. The zero-order chi connectivity index (χ0) is 40.8. The Morgan fingerprint density at radius 1 is 0.857 bits per heavy atom. The molecule has 6 heteroatoms. The molecule has 0 bridgehead atoms. The third kappa shape index (κ3) is 8.46. The van der Waals surface area contributed by atoms with Gasteiger partial charge in [-0.05, 0) is 30.7 Å². The van der Waals surface area contributed by atoms with Crippen LogP contribution in [0.25, 0.3) is 55.8 Å². The molecule has 0 fully saturated rings. The fraction of sp³-hybridized carbons (Fsp3) is 0.233. The van der Waals surface area contributed by atoms with Gasteiger partial charge >= 0.3 is 135 Å². The first-order valence-electron chi connectivity index (χ1n) is 19.9. The van der Waals surface area contributed by atoms with Gasteiger partial charge in [0.1, 0.15) is 0 Å². The summed E-state index contributed by atoms with van der Waals surface area (Å²) in [4.78, 5) is 13.5. The van der Waals surface area contributed by atoms with Crippen molar-refractivity contribution in [2.75, 3.05) is 0 Å². The third-order valence-electron chi connectivity index (χ3n) is 7.70. The average molecular weight is 891 g/mol. The van der Waals surface area contributed by atoms with Crippen molar-refractivity contribution in [3.8, 4) is 33.8 Å². The summed E-state index contributed by atoms with van der Waals surface area (Å²) < 4.78 is 71.8. The maximum Gasteiger partial charge on any atom is 0 e. The van der Waals surface area contributed by atoms with Gasteiger partial charge in [-0.3, -0.25) is 0 Å². The van der Waals surface area contributed by atoms with Crippen molar-refractivity contribution < 1.29 is 35.5 Å². The van der Waals surface area contributed by atoms with Crippen molar-refractivity contribution >= 4 is 39.7 Å². The fourth-order valence-electron chi connectivity index (χ4n) is 5.49. The third-order valence-corrected chi connectivity index (χ3v) is 11.9. The summed E-state index contributed by atoms with van der Waals surface area (Å²) in [5.74, 6) is 6.86. The number of fused-ring (bicyclic) bond motifs is 3. The minimum atomic E-state index is -2.41. The molecule has 0 saturated heterocycles. The molecule has 4 nitrogen and oxygen atoms in total. The van der Waals surface area contributed by atoms with Gasteiger partial charge in [0.05, 0.1) is 11.3 Å². The summed E-state index contributed by atoms with van der Waals surface area (Å²) in [6.07, 6.45) is 1.91. The van der Waals surface area contributed by atoms with Crippen LogP contribution in [0.2, 0.25) is 17.3 Å². The van der Waals surface area contributed by atoms with Crippen LogP contribution in [0.5, 0.6) is 0 Å². The van der Waals surface area contributed by atoms with Crippen LogP contribution in [-0.4, -0.2) is 28.2 Å². The SMILES string of the molecule is [2H]C([2H])([2H])c1ccnc(-c2[c-]cc(C([2H])([2H])[2H])c3c2oc2nc(-c4ccccc4)ccc23)c1.[2H]C([2H])(c1cc(-c2[c-]cccc2)nc[c]1[Ge]([CH3])([CH3])[CH3])C(C)(C)C.[Ir]. The monoisotopic (exact) mass is 892 g/mol. The van der Waals surface area contributed by atoms with Crippen LogP contribution in [0.3, 0.4) is 0 Å². The van der Waals surface area contributed by atoms with Crippen molar-refractivity contribution in [2.24, 2.45) is 5.41 Å². The van der Waals surface area contributed by atoms with Crippen LogP contribution < -0.4 is 4.40 Å². The molecule has 4 heterocycles. The van der Waals surface area contributed by atoms with E-state index in [-0.39, 0.29) is 42.5 Å². The summed E-state index contributed by atoms with van der Waals surface area (Å²) >= 11 is -2.24. The number of nitrogens with zero attached hydrogens (tertiary/aromatic N) is 3. The molecule has 49 heavy (non-hydrogen) atoms. The van der Waals surface area contributed by atoms with E-state index in [0.29, 0.717) is 27.7 Å². The number of furan rings is 1. The van der Waals surface area contributed by atoms with Crippen molar-refractivity contribution in [2.45, 2.75) is 58.1 Å². The Kier molecular flexibility index (Phi) is 8.19. The average Bonchev–Trinajstić information content (AvgIpc) is 3.52. The van der Waals surface area contributed by atoms with E-state index in [4.69, 9.17) is 15.4 Å². The van der Waals surface area contributed by atoms with Crippen LogP contribution >= 0.6 is 0 Å². The Balaban J connectivity index is 0.000000229. The van der Waals surface area contributed by atoms with E-state index in [2.05, 4.69) is 44.4 Å². The summed E-state index contributed by atoms with van der Waals surface area (Å²) in [6, 6.07) is 33.3. The minimum absolute atomic E-state index is 0. The molecule has 0 saturated carbocycles. The van der Waals surface area contributed by atoms with Crippen LogP contribution in [0.4, 0.5) is 0 Å². The van der Waals surface area contributed by atoms with Crippen LogP contribution in [-0.2, 0) is 26.5 Å². The molecule has 0 spiro atoms. The van der Waals surface area contributed by atoms with Crippen molar-refractivity contribution in [3.63, 3.8) is 0 Å². The zero-order valence-electron chi connectivity index (χ0n) is 36.4. The van der Waals surface area contributed by atoms with Gasteiger partial charge in [0.2, 0.25) is 5.71 Å². The van der Waals surface area contributed by atoms with Crippen LogP contribution in [0, 0.1) is 31.3 Å². The Morgan fingerprint density at radius 2 is 1.65 bits per heavy atom. The topological polar surface area (TPSA) is 51.8 Å². The molecule has 3 aromatic carbocycles. The smallest absolute Gasteiger partial charge is 0 e. The van der Waals surface area contributed by atoms with Gasteiger partial charge in [-0.15, -0.1) is 17.7 Å². The number of benzene rings is 3. The van der Waals surface area contributed by atoms with Gasteiger partial charge in [-0.25, -0.2) is 4.98 Å². The molecule has 0 aliphatic heterocycles. The summed E-state index contributed by atoms with van der Waals surface area (Å²) in [7, 11) is 0. The fourth-order valence-corrected chi connectivity index (χ4v) is 8.42. The first-order chi connectivity index (χ1) is 26.1. The number of rotatable bonds is 5. The van der Waals surface area contributed by atoms with Gasteiger partial charge in [0.25, 0.3) is 0 Å². The van der Waals surface area contributed by atoms with Crippen molar-refractivity contribution in [3.05, 3.63) is 132 Å². The second-order valence-corrected chi connectivity index (χ2v) is 24.3. The molecule has 4 aromatic heterocycles. The predicted octanol–water partition coefficient (Wildman–Crippen LogP) is 10.8. The molecule has 251 valence electrons. The molecule has 0 aliphatic rings. The Bertz CT molecular complexity index is 2510. The normalized spacial score (nSPS) is 14.8. The number of pyridine rings is 3. The minimum Gasteiger partial charge on any atom is 0 e. The molecule has 0 amide bonds. The largest absolute Gasteiger partial charge is 0 e. The number of hydrogen-bond donors (Lipinski definition) is 0. The molecule has 7 rings (SSSR count). The molecule has 0 N–H and O–H groups in total. The van der Waals surface area contributed by atoms with E-state index < -0.39 is 38.8 Å². The second kappa shape index (κ2) is 14.9. The maximum atomic E-state index is 8.76. The van der Waals surface area contributed by atoms with Crippen LogP contribution in [0.1, 0.15) is 48.4 Å². The first-order valence-corrected chi connectivity index (χ1v) is 23.2. The van der Waals surface area contributed by atoms with Crippen molar-refractivity contribution in [1.29, 1.82) is 0 Å². The van der Waals surface area contributed by atoms with E-state index in [1.165, 1.54) is 24.4 Å². The molecular formula is C43H43GeIrN3O-2. The van der Waals surface area contributed by atoms with Gasteiger partial charge in [0, 0.05) is 45.5 Å². The molecule has 0 unspecified atom stereocenters. The molecule has 0 aliphatic carbocycles. The summed E-state index contributed by atoms with van der Waals surface area (Å²) in [5.41, 5.74) is 5.06. The Labute approximate surface area is 318 Å². The van der Waals surface area contributed by atoms with Crippen molar-refractivity contribution in [1.82, 2.24) is 15.0 Å². The molecular weight excluding hydrogens is 839 g/mol. The first kappa shape index (κ1) is 26.9. The van der Waals surface area contributed by atoms with Gasteiger partial charge in [-0.1, -0.05) is 59.8 Å². The molecule has 1 radical (unpaired) electrons. The second-order valence-electron chi connectivity index (χ2n) is 13.7. The maximum absolute atomic E-state index is 8.76. The van der Waals surface area contributed by atoms with E-state index in [9.17, 15) is 0 Å². The summed E-state index contributed by atoms with van der Waals surface area (Å²) in [5, 5.41) is 0.949. The Hall–Kier alpha value is -3.90. The number of aryl methyl sites for hydroxylation is 2. The van der Waals surface area contributed by atoms with E-state index in [1.807, 2.05) is 93.7 Å². The quantitative estimate of drug-likeness (QED) is 0.128. The molecule has 0 atom stereocenters. The molecule has 7 aromatic rings. The van der Waals surface area contributed by atoms with Crippen LogP contribution in [0.15, 0.2) is 108 Å². The number of hydrogen-bond acceptors (Lipinski definition) is 4. The van der Waals surface area contributed by atoms with Gasteiger partial charge in [-0.2, -0.15) is 0 Å².